The largest absolute Gasteiger partial charge is 0.508 e. The topological polar surface area (TPSA) is 173 Å². The summed E-state index contributed by atoms with van der Waals surface area (Å²) in [5.74, 6) is -5.84. The minimum atomic E-state index is -2.56. The zero-order valence-electron chi connectivity index (χ0n) is 20.9. The SMILES string of the molecule is CNc1cc(CN(C)CC(C)C)c(O)c2c1C[C@H]1C[C@H]3CC(=O)C(C(N)=O)=C(O)[C@@]3(O)C(=O)C1=C2O. The summed E-state index contributed by atoms with van der Waals surface area (Å²) >= 11 is 0. The number of ketones is 2. The molecule has 7 N–H and O–H groups in total. The van der Waals surface area contributed by atoms with Crippen LogP contribution in [-0.2, 0) is 27.3 Å². The maximum absolute atomic E-state index is 13.6. The van der Waals surface area contributed by atoms with Crippen molar-refractivity contribution in [2.24, 2.45) is 23.5 Å². The second-order valence-corrected chi connectivity index (χ2v) is 10.5. The Balaban J connectivity index is 1.87. The van der Waals surface area contributed by atoms with Crippen LogP contribution >= 0.6 is 0 Å². The fourth-order valence-corrected chi connectivity index (χ4v) is 6.07. The molecule has 10 nitrogen and oxygen atoms in total. The molecule has 36 heavy (non-hydrogen) atoms. The van der Waals surface area contributed by atoms with Crippen LogP contribution < -0.4 is 11.1 Å². The third kappa shape index (κ3) is 3.75. The normalized spacial score (nSPS) is 25.8. The maximum atomic E-state index is 13.6. The molecule has 3 atom stereocenters. The zero-order chi connectivity index (χ0) is 26.7. The number of anilines is 1. The van der Waals surface area contributed by atoms with E-state index in [-0.39, 0.29) is 36.1 Å². The van der Waals surface area contributed by atoms with Gasteiger partial charge in [-0.3, -0.25) is 14.4 Å². The average molecular weight is 500 g/mol. The van der Waals surface area contributed by atoms with E-state index in [1.807, 2.05) is 18.0 Å². The van der Waals surface area contributed by atoms with E-state index in [4.69, 9.17) is 5.73 Å². The number of aliphatic hydroxyl groups is 3. The quantitative estimate of drug-likeness (QED) is 0.251. The molecule has 194 valence electrons. The summed E-state index contributed by atoms with van der Waals surface area (Å²) in [6.07, 6.45) is 0.0270. The van der Waals surface area contributed by atoms with E-state index in [2.05, 4.69) is 19.2 Å². The van der Waals surface area contributed by atoms with Gasteiger partial charge in [0.05, 0.1) is 5.56 Å². The van der Waals surface area contributed by atoms with Gasteiger partial charge in [0.2, 0.25) is 5.78 Å². The Labute approximate surface area is 209 Å². The van der Waals surface area contributed by atoms with Crippen molar-refractivity contribution in [2.45, 2.75) is 45.3 Å². The summed E-state index contributed by atoms with van der Waals surface area (Å²) in [6.45, 7) is 5.33. The molecule has 0 spiro atoms. The number of amides is 1. The molecule has 0 aliphatic heterocycles. The predicted octanol–water partition coefficient (Wildman–Crippen LogP) is 1.55. The molecule has 1 saturated carbocycles. The number of nitrogens with zero attached hydrogens (tertiary/aromatic N) is 1. The Morgan fingerprint density at radius 2 is 1.92 bits per heavy atom. The number of nitrogens with two attached hydrogens (primary N) is 1. The second-order valence-electron chi connectivity index (χ2n) is 10.5. The van der Waals surface area contributed by atoms with Crippen molar-refractivity contribution in [1.82, 2.24) is 4.90 Å². The average Bonchev–Trinajstić information content (AvgIpc) is 2.77. The number of aliphatic hydroxyl groups excluding tert-OH is 2. The van der Waals surface area contributed by atoms with Gasteiger partial charge in [-0.2, -0.15) is 0 Å². The van der Waals surface area contributed by atoms with Gasteiger partial charge in [0.1, 0.15) is 22.8 Å². The van der Waals surface area contributed by atoms with Gasteiger partial charge in [0.15, 0.2) is 11.4 Å². The van der Waals surface area contributed by atoms with Crippen molar-refractivity contribution in [3.8, 4) is 5.75 Å². The number of hydrogen-bond donors (Lipinski definition) is 6. The number of carbonyl (C=O) groups excluding carboxylic acids is 3. The fourth-order valence-electron chi connectivity index (χ4n) is 6.07. The summed E-state index contributed by atoms with van der Waals surface area (Å²) in [6, 6.07) is 1.82. The van der Waals surface area contributed by atoms with Gasteiger partial charge in [-0.15, -0.1) is 0 Å². The summed E-state index contributed by atoms with van der Waals surface area (Å²) in [5, 5.41) is 47.7. The first-order valence-electron chi connectivity index (χ1n) is 12.0. The standard InChI is InChI=1S/C26H33N3O7/c1-11(2)9-29(4)10-13-7-16(28-3)15-6-12-5-14-8-17(30)20(25(27)35)24(34)26(14,36)23(33)18(12)22(32)19(15)21(13)31/h7,11-12,14,28,31-32,34,36H,5-6,8-10H2,1-4H3,(H2,27,35)/t12-,14+,26+/m1/s1. The van der Waals surface area contributed by atoms with Crippen molar-refractivity contribution < 1.29 is 34.8 Å². The highest BCUT2D eigenvalue weighted by atomic mass is 16.3. The minimum absolute atomic E-state index is 0.0990. The van der Waals surface area contributed by atoms with E-state index in [1.165, 1.54) is 0 Å². The van der Waals surface area contributed by atoms with E-state index in [9.17, 15) is 34.8 Å². The number of rotatable bonds is 6. The lowest BCUT2D eigenvalue weighted by Gasteiger charge is -2.46. The van der Waals surface area contributed by atoms with Gasteiger partial charge >= 0.3 is 0 Å². The molecule has 0 unspecified atom stereocenters. The monoisotopic (exact) mass is 499 g/mol. The lowest BCUT2D eigenvalue weighted by Crippen LogP contribution is -2.58. The summed E-state index contributed by atoms with van der Waals surface area (Å²) in [7, 11) is 3.64. The second kappa shape index (κ2) is 8.94. The Morgan fingerprint density at radius 3 is 2.50 bits per heavy atom. The smallest absolute Gasteiger partial charge is 0.255 e. The number of Topliss-reactive ketones (excluding diaryl/α,β-unsaturated/α-hetero) is 2. The minimum Gasteiger partial charge on any atom is -0.508 e. The predicted molar refractivity (Wildman–Crippen MR) is 132 cm³/mol. The summed E-state index contributed by atoms with van der Waals surface area (Å²) < 4.78 is 0. The van der Waals surface area contributed by atoms with Crippen molar-refractivity contribution >= 4 is 28.9 Å². The first-order chi connectivity index (χ1) is 16.8. The summed E-state index contributed by atoms with van der Waals surface area (Å²) in [5.41, 5.74) is 3.68. The van der Waals surface area contributed by atoms with E-state index in [1.54, 1.807) is 7.05 Å². The Kier molecular flexibility index (Phi) is 6.38. The van der Waals surface area contributed by atoms with E-state index < -0.39 is 52.0 Å². The Hall–Kier alpha value is -3.37. The number of primary amides is 1. The molecule has 1 aromatic carbocycles. The zero-order valence-corrected chi connectivity index (χ0v) is 20.9. The lowest BCUT2D eigenvalue weighted by molar-refractivity contribution is -0.147. The van der Waals surface area contributed by atoms with Crippen molar-refractivity contribution in [1.29, 1.82) is 0 Å². The van der Waals surface area contributed by atoms with E-state index in [0.29, 0.717) is 29.3 Å². The molecule has 0 bridgehead atoms. The number of phenols is 1. The molecule has 1 amide bonds. The lowest BCUT2D eigenvalue weighted by atomic mass is 9.59. The number of nitrogens with one attached hydrogen (secondary N) is 1. The molecule has 0 aromatic heterocycles. The molecule has 0 saturated heterocycles. The molecule has 0 radical (unpaired) electrons. The van der Waals surface area contributed by atoms with Crippen molar-refractivity contribution in [3.05, 3.63) is 39.7 Å². The van der Waals surface area contributed by atoms with Crippen LogP contribution in [0.4, 0.5) is 5.69 Å². The van der Waals surface area contributed by atoms with E-state index in [0.717, 1.165) is 6.54 Å². The molecule has 10 heteroatoms. The van der Waals surface area contributed by atoms with Crippen LogP contribution in [0.15, 0.2) is 23.0 Å². The van der Waals surface area contributed by atoms with Crippen LogP contribution in [0.3, 0.4) is 0 Å². The van der Waals surface area contributed by atoms with Crippen molar-refractivity contribution in [3.63, 3.8) is 0 Å². The van der Waals surface area contributed by atoms with Gasteiger partial charge in [0, 0.05) is 49.3 Å². The number of aromatic hydroxyl groups is 1. The van der Waals surface area contributed by atoms with Gasteiger partial charge in [-0.05, 0) is 43.4 Å². The first-order valence-corrected chi connectivity index (χ1v) is 12.0. The van der Waals surface area contributed by atoms with Gasteiger partial charge in [-0.25, -0.2) is 0 Å². The Bertz CT molecular complexity index is 1230. The number of phenolic OH excluding ortho intramolecular Hbond substituents is 1. The number of carbonyl (C=O) groups is 3. The van der Waals surface area contributed by atoms with Crippen LogP contribution in [0.5, 0.6) is 5.75 Å². The molecule has 1 aromatic rings. The fraction of sp³-hybridized carbons (Fsp3) is 0.500. The van der Waals surface area contributed by atoms with E-state index >= 15 is 0 Å². The highest BCUT2D eigenvalue weighted by molar-refractivity contribution is 6.22. The molecular formula is C26H33N3O7. The van der Waals surface area contributed by atoms with Crippen LogP contribution in [0, 0.1) is 17.8 Å². The highest BCUT2D eigenvalue weighted by Crippen LogP contribution is 2.53. The molecule has 4 rings (SSSR count). The maximum Gasteiger partial charge on any atom is 0.255 e. The van der Waals surface area contributed by atoms with Crippen LogP contribution in [0.2, 0.25) is 0 Å². The highest BCUT2D eigenvalue weighted by Gasteiger charge is 2.60. The van der Waals surface area contributed by atoms with Crippen LogP contribution in [-0.4, -0.2) is 69.0 Å². The number of hydrogen-bond acceptors (Lipinski definition) is 9. The van der Waals surface area contributed by atoms with Crippen molar-refractivity contribution in [2.75, 3.05) is 26.0 Å². The third-order valence-corrected chi connectivity index (χ3v) is 7.53. The van der Waals surface area contributed by atoms with Gasteiger partial charge < -0.3 is 36.4 Å². The Morgan fingerprint density at radius 1 is 1.25 bits per heavy atom. The van der Waals surface area contributed by atoms with Gasteiger partial charge in [-0.1, -0.05) is 13.8 Å². The molecular weight excluding hydrogens is 466 g/mol. The molecule has 1 fully saturated rings. The number of fused-ring (bicyclic) bond motifs is 3. The molecule has 0 heterocycles. The van der Waals surface area contributed by atoms with Gasteiger partial charge in [0.25, 0.3) is 5.91 Å². The summed E-state index contributed by atoms with van der Waals surface area (Å²) in [4.78, 5) is 39.9. The third-order valence-electron chi connectivity index (χ3n) is 7.53. The van der Waals surface area contributed by atoms with Crippen LogP contribution in [0.25, 0.3) is 5.76 Å². The van der Waals surface area contributed by atoms with Crippen LogP contribution in [0.1, 0.15) is 43.4 Å². The molecule has 3 aliphatic rings. The molecule has 3 aliphatic carbocycles. The number of benzene rings is 1. The first kappa shape index (κ1) is 25.7.